The van der Waals surface area contributed by atoms with Crippen LogP contribution in [0.2, 0.25) is 0 Å². The van der Waals surface area contributed by atoms with Crippen LogP contribution in [0, 0.1) is 0 Å². The molecule has 13 aromatic rings. The molecule has 82 heavy (non-hydrogen) atoms. The molecular formula is C80H57NO. The Labute approximate surface area is 479 Å². The lowest BCUT2D eigenvalue weighted by Gasteiger charge is -2.36. The molecule has 0 unspecified atom stereocenters. The average molecular weight is 1050 g/mol. The summed E-state index contributed by atoms with van der Waals surface area (Å²) in [6.07, 6.45) is 0. The van der Waals surface area contributed by atoms with E-state index in [1.54, 1.807) is 0 Å². The Morgan fingerprint density at radius 2 is 0.634 bits per heavy atom. The molecule has 2 aliphatic carbocycles. The standard InChI is InChI=1S/C80H57NO/c1-79(2)68-42-36-54-20-11-13-22-62(54)76(68)66-40-34-58(46-70(66)79)60-38-44-74-72(48-60)81(73-49-61(39-45-75(73)82-74)59-35-41-67-71(47-59)80(3,4)69-43-37-55-21-12-14-23-63(55)77(67)69)78-64(56-30-26-52(27-31-56)50-16-7-5-8-17-50)24-15-25-65(78)57-32-28-53(29-33-57)51-18-9-6-10-19-51/h5-49H,1-4H3. The highest BCUT2D eigenvalue weighted by atomic mass is 16.5. The molecule has 0 radical (unpaired) electrons. The number of ether oxygens (including phenoxy) is 1. The first-order chi connectivity index (χ1) is 40.2. The molecular weight excluding hydrogens is 991 g/mol. The van der Waals surface area contributed by atoms with Gasteiger partial charge in [0.2, 0.25) is 0 Å². The van der Waals surface area contributed by atoms with Crippen molar-refractivity contribution in [3.8, 4) is 101 Å². The third-order valence-corrected chi connectivity index (χ3v) is 18.3. The molecule has 13 aromatic carbocycles. The van der Waals surface area contributed by atoms with E-state index in [-0.39, 0.29) is 10.8 Å². The van der Waals surface area contributed by atoms with Crippen LogP contribution in [-0.2, 0) is 10.8 Å². The van der Waals surface area contributed by atoms with Gasteiger partial charge in [-0.15, -0.1) is 0 Å². The summed E-state index contributed by atoms with van der Waals surface area (Å²) in [7, 11) is 0. The van der Waals surface area contributed by atoms with Crippen molar-refractivity contribution in [2.75, 3.05) is 4.90 Å². The number of fused-ring (bicyclic) bond motifs is 12. The van der Waals surface area contributed by atoms with Crippen molar-refractivity contribution in [2.24, 2.45) is 0 Å². The summed E-state index contributed by atoms with van der Waals surface area (Å²) in [5.41, 5.74) is 27.2. The first kappa shape index (κ1) is 47.9. The number of rotatable bonds is 7. The second-order valence-corrected chi connectivity index (χ2v) is 23.6. The molecule has 2 nitrogen and oxygen atoms in total. The minimum atomic E-state index is -0.188. The largest absolute Gasteiger partial charge is 0.453 e. The highest BCUT2D eigenvalue weighted by molar-refractivity contribution is 6.06. The van der Waals surface area contributed by atoms with Crippen LogP contribution in [0.3, 0.4) is 0 Å². The van der Waals surface area contributed by atoms with Gasteiger partial charge in [-0.05, 0) is 158 Å². The SMILES string of the molecule is CC1(C)c2cc(-c3ccc4c(c3)N(c3c(-c5ccc(-c6ccccc6)cc5)cccc3-c3ccc(-c5ccccc5)cc3)c3cc(-c5ccc6c(c5)C(C)(C)c5ccc7ccccc7c5-6)ccc3O4)ccc2-c2c1ccc1ccccc21. The van der Waals surface area contributed by atoms with Gasteiger partial charge in [0.25, 0.3) is 0 Å². The van der Waals surface area contributed by atoms with Gasteiger partial charge >= 0.3 is 0 Å². The van der Waals surface area contributed by atoms with Gasteiger partial charge in [0.1, 0.15) is 0 Å². The summed E-state index contributed by atoms with van der Waals surface area (Å²) < 4.78 is 7.17. The number of anilines is 3. The summed E-state index contributed by atoms with van der Waals surface area (Å²) in [5, 5.41) is 5.15. The maximum atomic E-state index is 7.17. The van der Waals surface area contributed by atoms with Crippen molar-refractivity contribution in [1.82, 2.24) is 0 Å². The van der Waals surface area contributed by atoms with Gasteiger partial charge in [-0.1, -0.05) is 264 Å². The molecule has 16 rings (SSSR count). The summed E-state index contributed by atoms with van der Waals surface area (Å²) in [6.45, 7) is 9.53. The van der Waals surface area contributed by atoms with Crippen molar-refractivity contribution in [3.63, 3.8) is 0 Å². The van der Waals surface area contributed by atoms with Crippen LogP contribution >= 0.6 is 0 Å². The maximum absolute atomic E-state index is 7.17. The van der Waals surface area contributed by atoms with Crippen LogP contribution in [0.5, 0.6) is 11.5 Å². The monoisotopic (exact) mass is 1050 g/mol. The van der Waals surface area contributed by atoms with E-state index >= 15 is 0 Å². The van der Waals surface area contributed by atoms with Crippen LogP contribution in [-0.4, -0.2) is 0 Å². The fourth-order valence-corrected chi connectivity index (χ4v) is 14.0. The molecule has 0 amide bonds. The predicted molar refractivity (Wildman–Crippen MR) is 344 cm³/mol. The summed E-state index contributed by atoms with van der Waals surface area (Å²) in [5.74, 6) is 1.60. The van der Waals surface area contributed by atoms with Crippen molar-refractivity contribution in [3.05, 3.63) is 295 Å². The van der Waals surface area contributed by atoms with Gasteiger partial charge in [-0.25, -0.2) is 0 Å². The van der Waals surface area contributed by atoms with Crippen LogP contribution in [0.1, 0.15) is 49.9 Å². The van der Waals surface area contributed by atoms with Crippen LogP contribution in [0.15, 0.2) is 273 Å². The fourth-order valence-electron chi connectivity index (χ4n) is 14.0. The molecule has 0 spiro atoms. The van der Waals surface area contributed by atoms with E-state index in [0.29, 0.717) is 0 Å². The van der Waals surface area contributed by atoms with E-state index < -0.39 is 0 Å². The quantitative estimate of drug-likeness (QED) is 0.158. The zero-order valence-corrected chi connectivity index (χ0v) is 46.3. The number of nitrogens with zero attached hydrogens (tertiary/aromatic N) is 1. The number of hydrogen-bond acceptors (Lipinski definition) is 2. The first-order valence-electron chi connectivity index (χ1n) is 28.7. The molecule has 388 valence electrons. The zero-order valence-electron chi connectivity index (χ0n) is 46.3. The second kappa shape index (κ2) is 18.3. The molecule has 0 saturated heterocycles. The van der Waals surface area contributed by atoms with Crippen molar-refractivity contribution >= 4 is 38.6 Å². The topological polar surface area (TPSA) is 12.5 Å². The molecule has 0 saturated carbocycles. The number of benzene rings is 13. The highest BCUT2D eigenvalue weighted by Crippen LogP contribution is 2.59. The maximum Gasteiger partial charge on any atom is 0.151 e. The Kier molecular flexibility index (Phi) is 10.7. The van der Waals surface area contributed by atoms with E-state index in [0.717, 1.165) is 61.9 Å². The van der Waals surface area contributed by atoms with Gasteiger partial charge in [-0.2, -0.15) is 0 Å². The summed E-state index contributed by atoms with van der Waals surface area (Å²) in [6, 6.07) is 101. The van der Waals surface area contributed by atoms with E-state index in [1.807, 2.05) is 0 Å². The van der Waals surface area contributed by atoms with Crippen LogP contribution < -0.4 is 9.64 Å². The van der Waals surface area contributed by atoms with E-state index in [4.69, 9.17) is 4.74 Å². The molecule has 3 aliphatic rings. The van der Waals surface area contributed by atoms with Gasteiger partial charge in [0.05, 0.1) is 17.1 Å². The van der Waals surface area contributed by atoms with Gasteiger partial charge in [-0.3, -0.25) is 0 Å². The molecule has 1 heterocycles. The first-order valence-corrected chi connectivity index (χ1v) is 28.7. The lowest BCUT2D eigenvalue weighted by Crippen LogP contribution is -2.18. The van der Waals surface area contributed by atoms with Crippen molar-refractivity contribution < 1.29 is 4.74 Å². The Bertz CT molecular complexity index is 4440. The lowest BCUT2D eigenvalue weighted by atomic mass is 9.81. The normalized spacial score (nSPS) is 13.9. The minimum absolute atomic E-state index is 0.188. The molecule has 0 bridgehead atoms. The average Bonchev–Trinajstić information content (AvgIpc) is 3.16. The zero-order chi connectivity index (χ0) is 54.8. The molecule has 0 aromatic heterocycles. The summed E-state index contributed by atoms with van der Waals surface area (Å²) in [4.78, 5) is 2.51. The predicted octanol–water partition coefficient (Wildman–Crippen LogP) is 22.2. The second-order valence-electron chi connectivity index (χ2n) is 23.6. The van der Waals surface area contributed by atoms with Gasteiger partial charge < -0.3 is 9.64 Å². The van der Waals surface area contributed by atoms with Crippen molar-refractivity contribution in [1.29, 1.82) is 0 Å². The Hall–Kier alpha value is -10.0. The van der Waals surface area contributed by atoms with E-state index in [2.05, 4.69) is 306 Å². The lowest BCUT2D eigenvalue weighted by molar-refractivity contribution is 0.477. The molecule has 2 heteroatoms. The smallest absolute Gasteiger partial charge is 0.151 e. The minimum Gasteiger partial charge on any atom is -0.453 e. The molecule has 0 atom stereocenters. The Morgan fingerprint density at radius 3 is 1.09 bits per heavy atom. The van der Waals surface area contributed by atoms with Gasteiger partial charge in [0.15, 0.2) is 11.5 Å². The van der Waals surface area contributed by atoms with Gasteiger partial charge in [0, 0.05) is 22.0 Å². The summed E-state index contributed by atoms with van der Waals surface area (Å²) >= 11 is 0. The highest BCUT2D eigenvalue weighted by Gasteiger charge is 2.39. The third-order valence-electron chi connectivity index (χ3n) is 18.3. The molecule has 0 fully saturated rings. The number of para-hydroxylation sites is 1. The van der Waals surface area contributed by atoms with E-state index in [9.17, 15) is 0 Å². The Balaban J connectivity index is 0.907. The number of hydrogen-bond donors (Lipinski definition) is 0. The van der Waals surface area contributed by atoms with Crippen molar-refractivity contribution in [2.45, 2.75) is 38.5 Å². The third kappa shape index (κ3) is 7.41. The van der Waals surface area contributed by atoms with E-state index in [1.165, 1.54) is 99.4 Å². The van der Waals surface area contributed by atoms with Crippen LogP contribution in [0.4, 0.5) is 17.1 Å². The molecule has 0 N–H and O–H groups in total. The molecule has 1 aliphatic heterocycles. The van der Waals surface area contributed by atoms with Crippen LogP contribution in [0.25, 0.3) is 111 Å². The fraction of sp³-hybridized carbons (Fsp3) is 0.0750. The Morgan fingerprint density at radius 1 is 0.268 bits per heavy atom.